The van der Waals surface area contributed by atoms with E-state index >= 15 is 0 Å². The van der Waals surface area contributed by atoms with Gasteiger partial charge < -0.3 is 18.9 Å². The van der Waals surface area contributed by atoms with Gasteiger partial charge in [-0.25, -0.2) is 0 Å². The first kappa shape index (κ1) is 20.4. The van der Waals surface area contributed by atoms with Gasteiger partial charge in [-0.1, -0.05) is 24.3 Å². The number of rotatable bonds is 7. The summed E-state index contributed by atoms with van der Waals surface area (Å²) in [5.74, 6) is 2.29. The van der Waals surface area contributed by atoms with Gasteiger partial charge in [-0.05, 0) is 35.4 Å². The van der Waals surface area contributed by atoms with Crippen LogP contribution in [-0.4, -0.2) is 28.4 Å². The predicted molar refractivity (Wildman–Crippen MR) is 108 cm³/mol. The molecule has 0 saturated carbocycles. The molecule has 6 heteroatoms. The van der Waals surface area contributed by atoms with Gasteiger partial charge in [-0.3, -0.25) is 9.69 Å². The number of methoxy groups -OCH3 is 4. The van der Waals surface area contributed by atoms with Crippen LogP contribution in [0.5, 0.6) is 23.0 Å². The quantitative estimate of drug-likeness (QED) is 0.507. The van der Waals surface area contributed by atoms with E-state index in [9.17, 15) is 0 Å². The van der Waals surface area contributed by atoms with Crippen molar-refractivity contribution in [3.05, 3.63) is 81.8 Å². The van der Waals surface area contributed by atoms with Crippen LogP contribution in [0.4, 0.5) is 0 Å². The smallest absolute Gasteiger partial charge is 0.195 e. The SMILES string of the molecule is [C-]#[N+]C(=Cc1ccc(OC)c(OC)c1)C(=Cc1ccc(OC)c(OC)c1)[N+]#[C-]. The molecule has 6 nitrogen and oxygen atoms in total. The minimum Gasteiger partial charge on any atom is -0.493 e. The van der Waals surface area contributed by atoms with Crippen molar-refractivity contribution in [1.82, 2.24) is 0 Å². The highest BCUT2D eigenvalue weighted by atomic mass is 16.5. The molecular formula is C22H20N2O4. The summed E-state index contributed by atoms with van der Waals surface area (Å²) in [6.45, 7) is 15.0. The highest BCUT2D eigenvalue weighted by molar-refractivity contribution is 5.71. The molecule has 0 saturated heterocycles. The van der Waals surface area contributed by atoms with E-state index in [1.807, 2.05) is 0 Å². The lowest BCUT2D eigenvalue weighted by Gasteiger charge is -2.09. The van der Waals surface area contributed by atoms with Crippen LogP contribution in [0, 0.1) is 13.1 Å². The van der Waals surface area contributed by atoms with Gasteiger partial charge in [0.05, 0.1) is 41.6 Å². The number of benzene rings is 2. The predicted octanol–water partition coefficient (Wildman–Crippen LogP) is 4.94. The molecule has 0 heterocycles. The van der Waals surface area contributed by atoms with Crippen LogP contribution in [0.1, 0.15) is 11.1 Å². The van der Waals surface area contributed by atoms with Crippen LogP contribution >= 0.6 is 0 Å². The van der Waals surface area contributed by atoms with E-state index in [0.717, 1.165) is 11.1 Å². The molecule has 2 aromatic carbocycles. The normalized spacial score (nSPS) is 11.2. The van der Waals surface area contributed by atoms with Crippen LogP contribution in [-0.2, 0) is 0 Å². The summed E-state index contributed by atoms with van der Waals surface area (Å²) in [6.07, 6.45) is 3.28. The topological polar surface area (TPSA) is 45.6 Å². The van der Waals surface area contributed by atoms with Crippen molar-refractivity contribution in [2.24, 2.45) is 0 Å². The maximum atomic E-state index is 7.50. The maximum absolute atomic E-state index is 7.50. The third kappa shape index (κ3) is 4.63. The molecular weight excluding hydrogens is 356 g/mol. The van der Waals surface area contributed by atoms with Gasteiger partial charge in [0, 0.05) is 0 Å². The Hall–Kier alpha value is -3.90. The molecule has 2 rings (SSSR count). The van der Waals surface area contributed by atoms with Gasteiger partial charge in [0.2, 0.25) is 0 Å². The fraction of sp³-hybridized carbons (Fsp3) is 0.182. The lowest BCUT2D eigenvalue weighted by atomic mass is 10.1. The second-order valence-corrected chi connectivity index (χ2v) is 5.51. The fourth-order valence-corrected chi connectivity index (χ4v) is 2.53. The van der Waals surface area contributed by atoms with E-state index in [1.165, 1.54) is 0 Å². The Morgan fingerprint density at radius 1 is 0.643 bits per heavy atom. The average molecular weight is 376 g/mol. The fourth-order valence-electron chi connectivity index (χ4n) is 2.53. The number of hydrogen-bond acceptors (Lipinski definition) is 4. The molecule has 0 radical (unpaired) electrons. The summed E-state index contributed by atoms with van der Waals surface area (Å²) in [7, 11) is 6.20. The molecule has 0 unspecified atom stereocenters. The monoisotopic (exact) mass is 376 g/mol. The van der Waals surface area contributed by atoms with Crippen molar-refractivity contribution in [2.45, 2.75) is 0 Å². The summed E-state index contributed by atoms with van der Waals surface area (Å²) in [5, 5.41) is 0. The van der Waals surface area contributed by atoms with Crippen molar-refractivity contribution < 1.29 is 18.9 Å². The Morgan fingerprint density at radius 2 is 1.00 bits per heavy atom. The van der Waals surface area contributed by atoms with Gasteiger partial charge >= 0.3 is 0 Å². The molecule has 142 valence electrons. The molecule has 0 aliphatic heterocycles. The zero-order valence-electron chi connectivity index (χ0n) is 16.1. The Morgan fingerprint density at radius 3 is 1.29 bits per heavy atom. The number of hydrogen-bond donors (Lipinski definition) is 0. The summed E-state index contributed by atoms with van der Waals surface area (Å²) in [4.78, 5) is 7.05. The lowest BCUT2D eigenvalue weighted by Crippen LogP contribution is -1.91. The largest absolute Gasteiger partial charge is 0.493 e. The molecule has 28 heavy (non-hydrogen) atoms. The third-order valence-corrected chi connectivity index (χ3v) is 3.93. The van der Waals surface area contributed by atoms with Crippen molar-refractivity contribution >= 4 is 12.2 Å². The summed E-state index contributed by atoms with van der Waals surface area (Å²) in [5.41, 5.74) is 1.89. The summed E-state index contributed by atoms with van der Waals surface area (Å²) >= 11 is 0. The van der Waals surface area contributed by atoms with Crippen LogP contribution in [0.25, 0.3) is 21.8 Å². The van der Waals surface area contributed by atoms with Crippen molar-refractivity contribution in [1.29, 1.82) is 0 Å². The van der Waals surface area contributed by atoms with E-state index in [2.05, 4.69) is 9.69 Å². The van der Waals surface area contributed by atoms with Crippen molar-refractivity contribution in [3.8, 4) is 23.0 Å². The maximum Gasteiger partial charge on any atom is 0.195 e. The molecule has 2 aromatic rings. The Kier molecular flexibility index (Phi) is 7.07. The molecule has 0 N–H and O–H groups in total. The van der Waals surface area contributed by atoms with E-state index in [0.29, 0.717) is 23.0 Å². The van der Waals surface area contributed by atoms with Gasteiger partial charge in [0.15, 0.2) is 34.4 Å². The van der Waals surface area contributed by atoms with Crippen LogP contribution < -0.4 is 18.9 Å². The summed E-state index contributed by atoms with van der Waals surface area (Å²) < 4.78 is 21.0. The van der Waals surface area contributed by atoms with Crippen molar-refractivity contribution in [2.75, 3.05) is 28.4 Å². The molecule has 0 aromatic heterocycles. The molecule has 0 aliphatic rings. The Balaban J connectivity index is 2.46. The third-order valence-electron chi connectivity index (χ3n) is 3.93. The standard InChI is InChI=1S/C22H20N2O4/c1-23-17(11-15-7-9-19(25-3)21(13-15)27-5)18(24-2)12-16-8-10-20(26-4)22(14-16)28-6/h7-14H,3-6H3. The van der Waals surface area contributed by atoms with Crippen LogP contribution in [0.2, 0.25) is 0 Å². The first-order valence-corrected chi connectivity index (χ1v) is 8.22. The zero-order chi connectivity index (χ0) is 20.5. The molecule has 0 atom stereocenters. The van der Waals surface area contributed by atoms with Gasteiger partial charge in [0.25, 0.3) is 0 Å². The van der Waals surface area contributed by atoms with E-state index in [1.54, 1.807) is 77.0 Å². The number of ether oxygens (including phenoxy) is 4. The highest BCUT2D eigenvalue weighted by Gasteiger charge is 2.10. The molecule has 0 bridgehead atoms. The van der Waals surface area contributed by atoms with Gasteiger partial charge in [0.1, 0.15) is 0 Å². The Labute approximate surface area is 164 Å². The molecule has 0 aliphatic carbocycles. The van der Waals surface area contributed by atoms with Gasteiger partial charge in [-0.15, -0.1) is 0 Å². The van der Waals surface area contributed by atoms with E-state index in [4.69, 9.17) is 32.1 Å². The van der Waals surface area contributed by atoms with Crippen LogP contribution in [0.3, 0.4) is 0 Å². The summed E-state index contributed by atoms with van der Waals surface area (Å²) in [6, 6.07) is 10.6. The first-order valence-electron chi connectivity index (χ1n) is 8.22. The molecule has 0 spiro atoms. The number of nitrogens with zero attached hydrogens (tertiary/aromatic N) is 2. The second-order valence-electron chi connectivity index (χ2n) is 5.51. The first-order chi connectivity index (χ1) is 13.6. The molecule has 0 amide bonds. The van der Waals surface area contributed by atoms with E-state index < -0.39 is 0 Å². The average Bonchev–Trinajstić information content (AvgIpc) is 2.75. The lowest BCUT2D eigenvalue weighted by molar-refractivity contribution is 0.355. The molecule has 0 fully saturated rings. The zero-order valence-corrected chi connectivity index (χ0v) is 16.1. The second kappa shape index (κ2) is 9.70. The Bertz CT molecular complexity index is 913. The van der Waals surface area contributed by atoms with Crippen LogP contribution in [0.15, 0.2) is 47.8 Å². The minimum absolute atomic E-state index is 0.219. The van der Waals surface area contributed by atoms with E-state index in [-0.39, 0.29) is 11.4 Å². The van der Waals surface area contributed by atoms with Gasteiger partial charge in [-0.2, -0.15) is 0 Å². The minimum atomic E-state index is 0.219. The van der Waals surface area contributed by atoms with Crippen molar-refractivity contribution in [3.63, 3.8) is 0 Å². The highest BCUT2D eigenvalue weighted by Crippen LogP contribution is 2.31.